The van der Waals surface area contributed by atoms with Crippen LogP contribution in [0.2, 0.25) is 0 Å². The quantitative estimate of drug-likeness (QED) is 0.863. The van der Waals surface area contributed by atoms with Gasteiger partial charge in [0.05, 0.1) is 6.54 Å². The number of aromatic nitrogens is 4. The number of anilines is 1. The fraction of sp³-hybridized carbons (Fsp3) is 0.588. The van der Waals surface area contributed by atoms with Gasteiger partial charge in [0.15, 0.2) is 0 Å². The molecule has 1 atom stereocenters. The highest BCUT2D eigenvalue weighted by atomic mass is 15.3. The van der Waals surface area contributed by atoms with Crippen LogP contribution >= 0.6 is 0 Å². The van der Waals surface area contributed by atoms with Crippen molar-refractivity contribution in [3.8, 4) is 0 Å². The molecule has 0 radical (unpaired) electrons. The fourth-order valence-electron chi connectivity index (χ4n) is 3.69. The summed E-state index contributed by atoms with van der Waals surface area (Å²) >= 11 is 0. The Morgan fingerprint density at radius 3 is 2.65 bits per heavy atom. The van der Waals surface area contributed by atoms with E-state index in [9.17, 15) is 0 Å². The summed E-state index contributed by atoms with van der Waals surface area (Å²) in [5.74, 6) is 2.50. The van der Waals surface area contributed by atoms with Gasteiger partial charge in [-0.25, -0.2) is 15.0 Å². The molecule has 6 nitrogen and oxygen atoms in total. The molecule has 0 saturated carbocycles. The standard InChI is InChI=1S/C17H24N6/c1-14-8-19-17(20-9-14)23-12-15(10-21-5-2-3-6-21)11-22-7-4-18-16(22)13-23/h4,7-9,15H,2-3,5-6,10-13H2,1H3. The Bertz CT molecular complexity index is 643. The van der Waals surface area contributed by atoms with Crippen LogP contribution in [0.15, 0.2) is 24.8 Å². The number of nitrogens with zero attached hydrogens (tertiary/aromatic N) is 6. The molecule has 2 aromatic heterocycles. The van der Waals surface area contributed by atoms with E-state index in [1.165, 1.54) is 25.9 Å². The van der Waals surface area contributed by atoms with Gasteiger partial charge in [-0.2, -0.15) is 0 Å². The van der Waals surface area contributed by atoms with Crippen molar-refractivity contribution in [3.05, 3.63) is 36.2 Å². The third-order valence-electron chi connectivity index (χ3n) is 4.83. The van der Waals surface area contributed by atoms with Gasteiger partial charge in [-0.15, -0.1) is 0 Å². The first kappa shape index (κ1) is 14.6. The lowest BCUT2D eigenvalue weighted by molar-refractivity contribution is 0.264. The number of rotatable bonds is 3. The predicted molar refractivity (Wildman–Crippen MR) is 89.2 cm³/mol. The van der Waals surface area contributed by atoms with E-state index in [-0.39, 0.29) is 0 Å². The minimum Gasteiger partial charge on any atom is -0.333 e. The van der Waals surface area contributed by atoms with E-state index in [2.05, 4.69) is 35.5 Å². The van der Waals surface area contributed by atoms with Crippen molar-refractivity contribution < 1.29 is 0 Å². The summed E-state index contributed by atoms with van der Waals surface area (Å²) in [6, 6.07) is 0. The zero-order valence-electron chi connectivity index (χ0n) is 13.7. The second kappa shape index (κ2) is 6.28. The van der Waals surface area contributed by atoms with E-state index in [1.54, 1.807) is 0 Å². The second-order valence-corrected chi connectivity index (χ2v) is 6.81. The molecule has 0 amide bonds. The van der Waals surface area contributed by atoms with Gasteiger partial charge in [0.2, 0.25) is 5.95 Å². The minimum atomic E-state index is 0.577. The van der Waals surface area contributed by atoms with E-state index < -0.39 is 0 Å². The van der Waals surface area contributed by atoms with Crippen molar-refractivity contribution >= 4 is 5.95 Å². The highest BCUT2D eigenvalue weighted by Gasteiger charge is 2.26. The summed E-state index contributed by atoms with van der Waals surface area (Å²) in [6.07, 6.45) is 10.5. The number of fused-ring (bicyclic) bond motifs is 1. The summed E-state index contributed by atoms with van der Waals surface area (Å²) in [4.78, 5) is 18.5. The molecule has 23 heavy (non-hydrogen) atoms. The molecule has 2 aliphatic heterocycles. The summed E-state index contributed by atoms with van der Waals surface area (Å²) in [5, 5.41) is 0. The van der Waals surface area contributed by atoms with Gasteiger partial charge in [-0.3, -0.25) is 0 Å². The van der Waals surface area contributed by atoms with Gasteiger partial charge in [0.1, 0.15) is 5.82 Å². The van der Waals surface area contributed by atoms with Crippen LogP contribution in [-0.4, -0.2) is 50.6 Å². The molecule has 1 unspecified atom stereocenters. The summed E-state index contributed by atoms with van der Waals surface area (Å²) in [5.41, 5.74) is 1.10. The molecule has 4 heterocycles. The molecular formula is C17H24N6. The van der Waals surface area contributed by atoms with Crippen LogP contribution < -0.4 is 4.90 Å². The van der Waals surface area contributed by atoms with Crippen LogP contribution in [0.4, 0.5) is 5.95 Å². The number of aryl methyl sites for hydroxylation is 1. The van der Waals surface area contributed by atoms with Crippen molar-refractivity contribution in [2.45, 2.75) is 32.9 Å². The SMILES string of the molecule is Cc1cnc(N2Cc3nccn3CC(CN3CCCC3)C2)nc1. The maximum atomic E-state index is 4.53. The first-order chi connectivity index (χ1) is 11.3. The van der Waals surface area contributed by atoms with Gasteiger partial charge < -0.3 is 14.4 Å². The molecule has 0 spiro atoms. The Kier molecular flexibility index (Phi) is 3.99. The van der Waals surface area contributed by atoms with E-state index in [0.717, 1.165) is 43.5 Å². The molecule has 0 aliphatic carbocycles. The molecule has 4 rings (SSSR count). The van der Waals surface area contributed by atoms with Gasteiger partial charge >= 0.3 is 0 Å². The third kappa shape index (κ3) is 3.22. The maximum absolute atomic E-state index is 4.53. The van der Waals surface area contributed by atoms with E-state index in [1.807, 2.05) is 25.5 Å². The van der Waals surface area contributed by atoms with Gasteiger partial charge in [0.25, 0.3) is 0 Å². The van der Waals surface area contributed by atoms with Crippen LogP contribution in [0.25, 0.3) is 0 Å². The molecular weight excluding hydrogens is 288 g/mol. The molecule has 6 heteroatoms. The highest BCUT2D eigenvalue weighted by molar-refractivity contribution is 5.31. The largest absolute Gasteiger partial charge is 0.333 e. The molecule has 1 saturated heterocycles. The molecule has 1 fully saturated rings. The van der Waals surface area contributed by atoms with Crippen LogP contribution in [0.3, 0.4) is 0 Å². The maximum Gasteiger partial charge on any atom is 0.225 e. The molecule has 0 N–H and O–H groups in total. The Morgan fingerprint density at radius 1 is 1.09 bits per heavy atom. The topological polar surface area (TPSA) is 50.1 Å². The van der Waals surface area contributed by atoms with E-state index >= 15 is 0 Å². The van der Waals surface area contributed by atoms with Gasteiger partial charge in [-0.1, -0.05) is 0 Å². The van der Waals surface area contributed by atoms with Crippen molar-refractivity contribution in [2.75, 3.05) is 31.1 Å². The lowest BCUT2D eigenvalue weighted by Crippen LogP contribution is -2.36. The number of hydrogen-bond acceptors (Lipinski definition) is 5. The van der Waals surface area contributed by atoms with Crippen molar-refractivity contribution in [1.82, 2.24) is 24.4 Å². The second-order valence-electron chi connectivity index (χ2n) is 6.81. The van der Waals surface area contributed by atoms with Crippen molar-refractivity contribution in [3.63, 3.8) is 0 Å². The Hall–Kier alpha value is -1.95. The van der Waals surface area contributed by atoms with Crippen LogP contribution in [-0.2, 0) is 13.1 Å². The van der Waals surface area contributed by atoms with Crippen molar-refractivity contribution in [1.29, 1.82) is 0 Å². The predicted octanol–water partition coefficient (Wildman–Crippen LogP) is 1.71. The van der Waals surface area contributed by atoms with E-state index in [4.69, 9.17) is 0 Å². The highest BCUT2D eigenvalue weighted by Crippen LogP contribution is 2.21. The van der Waals surface area contributed by atoms with E-state index in [0.29, 0.717) is 5.92 Å². The van der Waals surface area contributed by atoms with Crippen LogP contribution in [0.1, 0.15) is 24.2 Å². The average Bonchev–Trinajstić information content (AvgIpc) is 3.17. The molecule has 2 aliphatic rings. The first-order valence-electron chi connectivity index (χ1n) is 8.54. The lowest BCUT2D eigenvalue weighted by Gasteiger charge is -2.27. The van der Waals surface area contributed by atoms with Crippen LogP contribution in [0, 0.1) is 12.8 Å². The smallest absolute Gasteiger partial charge is 0.225 e. The lowest BCUT2D eigenvalue weighted by atomic mass is 10.1. The zero-order chi connectivity index (χ0) is 15.6. The van der Waals surface area contributed by atoms with Crippen LogP contribution in [0.5, 0.6) is 0 Å². The molecule has 0 bridgehead atoms. The number of likely N-dealkylation sites (tertiary alicyclic amines) is 1. The third-order valence-corrected chi connectivity index (χ3v) is 4.83. The number of hydrogen-bond donors (Lipinski definition) is 0. The monoisotopic (exact) mass is 312 g/mol. The van der Waals surface area contributed by atoms with Gasteiger partial charge in [-0.05, 0) is 38.4 Å². The number of imidazole rings is 1. The molecule has 2 aromatic rings. The first-order valence-corrected chi connectivity index (χ1v) is 8.54. The molecule has 0 aromatic carbocycles. The fourth-order valence-corrected chi connectivity index (χ4v) is 3.69. The Morgan fingerprint density at radius 2 is 1.87 bits per heavy atom. The summed E-state index contributed by atoms with van der Waals surface area (Å²) in [7, 11) is 0. The average molecular weight is 312 g/mol. The van der Waals surface area contributed by atoms with Crippen molar-refractivity contribution in [2.24, 2.45) is 5.92 Å². The minimum absolute atomic E-state index is 0.577. The Labute approximate surface area is 137 Å². The zero-order valence-corrected chi connectivity index (χ0v) is 13.7. The van der Waals surface area contributed by atoms with Gasteiger partial charge in [0, 0.05) is 50.3 Å². The summed E-state index contributed by atoms with van der Waals surface area (Å²) in [6.45, 7) is 8.47. The molecule has 122 valence electrons. The normalized spacial score (nSPS) is 22.1. The summed E-state index contributed by atoms with van der Waals surface area (Å²) < 4.78 is 2.30. The Balaban J connectivity index is 1.57.